The zero-order valence-corrected chi connectivity index (χ0v) is 7.51. The van der Waals surface area contributed by atoms with Crippen molar-refractivity contribution in [1.82, 2.24) is 5.01 Å². The van der Waals surface area contributed by atoms with Crippen molar-refractivity contribution >= 4 is 6.21 Å². The molecule has 3 heteroatoms. The molecule has 0 unspecified atom stereocenters. The lowest BCUT2D eigenvalue weighted by Crippen LogP contribution is -2.33. The monoisotopic (exact) mass is 164 g/mol. The summed E-state index contributed by atoms with van der Waals surface area (Å²) in [5.41, 5.74) is 0. The number of hydrazone groups is 1. The molecule has 0 aromatic carbocycles. The molecule has 0 N–H and O–H groups in total. The van der Waals surface area contributed by atoms with Gasteiger partial charge < -0.3 is 5.01 Å². The van der Waals surface area contributed by atoms with E-state index >= 15 is 0 Å². The molecule has 0 aliphatic heterocycles. The highest BCUT2D eigenvalue weighted by atomic mass is 15.4. The van der Waals surface area contributed by atoms with E-state index in [4.69, 9.17) is 0 Å². The second kappa shape index (κ2) is 4.49. The van der Waals surface area contributed by atoms with Crippen molar-refractivity contribution in [3.8, 4) is 0 Å². The first-order chi connectivity index (χ1) is 5.79. The summed E-state index contributed by atoms with van der Waals surface area (Å²) in [4.78, 5) is 0. The van der Waals surface area contributed by atoms with Gasteiger partial charge in [0.1, 0.15) is 0 Å². The Hall–Kier alpha value is -1.38. The molecule has 0 spiro atoms. The van der Waals surface area contributed by atoms with Crippen LogP contribution in [0.15, 0.2) is 35.7 Å². The maximum absolute atomic E-state index is 4.11. The van der Waals surface area contributed by atoms with Crippen molar-refractivity contribution in [2.45, 2.75) is 6.54 Å². The van der Waals surface area contributed by atoms with Gasteiger partial charge in [-0.3, -0.25) is 0 Å². The van der Waals surface area contributed by atoms with Crippen LogP contribution < -0.4 is 4.57 Å². The Morgan fingerprint density at radius 3 is 2.50 bits per heavy atom. The third kappa shape index (κ3) is 3.14. The number of rotatable bonds is 3. The standard InChI is InChI=1S/C9H14N3/c1-11(2)10-6-9-12-7-4-3-5-8-12/h3-8H,9H2,1-2H3/q+1. The number of aromatic nitrogens is 1. The molecular formula is C9H14N3+. The lowest BCUT2D eigenvalue weighted by molar-refractivity contribution is -0.681. The predicted molar refractivity (Wildman–Crippen MR) is 48.8 cm³/mol. The molecule has 0 aliphatic carbocycles. The number of pyridine rings is 1. The van der Waals surface area contributed by atoms with Crippen molar-refractivity contribution in [1.29, 1.82) is 0 Å². The van der Waals surface area contributed by atoms with E-state index in [9.17, 15) is 0 Å². The van der Waals surface area contributed by atoms with Gasteiger partial charge in [0.15, 0.2) is 18.9 Å². The lowest BCUT2D eigenvalue weighted by Gasteiger charge is -2.00. The SMILES string of the molecule is CN(C)N=CC[n+]1ccccc1. The predicted octanol–water partition coefficient (Wildman–Crippen LogP) is 0.521. The van der Waals surface area contributed by atoms with E-state index < -0.39 is 0 Å². The Bertz CT molecular complexity index is 241. The largest absolute Gasteiger partial charge is 0.303 e. The van der Waals surface area contributed by atoms with E-state index in [0.717, 1.165) is 6.54 Å². The molecule has 1 aromatic rings. The van der Waals surface area contributed by atoms with E-state index in [1.54, 1.807) is 5.01 Å². The fraction of sp³-hybridized carbons (Fsp3) is 0.333. The van der Waals surface area contributed by atoms with Gasteiger partial charge in [0.05, 0.1) is 6.21 Å². The minimum absolute atomic E-state index is 0.818. The van der Waals surface area contributed by atoms with Crippen LogP contribution in [-0.2, 0) is 6.54 Å². The highest BCUT2D eigenvalue weighted by molar-refractivity contribution is 5.54. The van der Waals surface area contributed by atoms with Crippen LogP contribution in [0.4, 0.5) is 0 Å². The van der Waals surface area contributed by atoms with E-state index in [-0.39, 0.29) is 0 Å². The van der Waals surface area contributed by atoms with Gasteiger partial charge in [-0.1, -0.05) is 6.07 Å². The average molecular weight is 164 g/mol. The van der Waals surface area contributed by atoms with Gasteiger partial charge in [0, 0.05) is 26.2 Å². The van der Waals surface area contributed by atoms with Crippen LogP contribution in [0.2, 0.25) is 0 Å². The quantitative estimate of drug-likeness (QED) is 0.362. The Labute approximate surface area is 72.9 Å². The minimum atomic E-state index is 0.818. The van der Waals surface area contributed by atoms with Gasteiger partial charge in [-0.2, -0.15) is 9.67 Å². The Kier molecular flexibility index (Phi) is 3.26. The lowest BCUT2D eigenvalue weighted by atomic mass is 10.5. The van der Waals surface area contributed by atoms with Crippen LogP contribution in [0, 0.1) is 0 Å². The molecule has 0 atom stereocenters. The molecule has 12 heavy (non-hydrogen) atoms. The Balaban J connectivity index is 2.43. The highest BCUT2D eigenvalue weighted by Crippen LogP contribution is 1.76. The highest BCUT2D eigenvalue weighted by Gasteiger charge is 1.91. The number of hydrogen-bond acceptors (Lipinski definition) is 2. The summed E-state index contributed by atoms with van der Waals surface area (Å²) in [6, 6.07) is 6.01. The summed E-state index contributed by atoms with van der Waals surface area (Å²) >= 11 is 0. The summed E-state index contributed by atoms with van der Waals surface area (Å²) in [5, 5.41) is 5.89. The first kappa shape index (κ1) is 8.71. The zero-order valence-electron chi connectivity index (χ0n) is 7.51. The molecule has 0 fully saturated rings. The normalized spacial score (nSPS) is 10.5. The summed E-state index contributed by atoms with van der Waals surface area (Å²) in [6.45, 7) is 0.818. The summed E-state index contributed by atoms with van der Waals surface area (Å²) in [5.74, 6) is 0. The summed E-state index contributed by atoms with van der Waals surface area (Å²) in [6.07, 6.45) is 5.91. The maximum Gasteiger partial charge on any atom is 0.185 e. The van der Waals surface area contributed by atoms with Crippen LogP contribution in [0.1, 0.15) is 0 Å². The summed E-state index contributed by atoms with van der Waals surface area (Å²) in [7, 11) is 3.82. The van der Waals surface area contributed by atoms with Gasteiger partial charge in [0.2, 0.25) is 0 Å². The van der Waals surface area contributed by atoms with Crippen molar-refractivity contribution in [2.75, 3.05) is 14.1 Å². The van der Waals surface area contributed by atoms with E-state index in [0.29, 0.717) is 0 Å². The number of hydrogen-bond donors (Lipinski definition) is 0. The second-order valence-electron chi connectivity index (χ2n) is 2.72. The number of nitrogens with zero attached hydrogens (tertiary/aromatic N) is 3. The topological polar surface area (TPSA) is 19.5 Å². The molecule has 1 heterocycles. The van der Waals surface area contributed by atoms with Crippen LogP contribution >= 0.6 is 0 Å². The van der Waals surface area contributed by atoms with Gasteiger partial charge in [-0.15, -0.1) is 0 Å². The Morgan fingerprint density at radius 1 is 1.25 bits per heavy atom. The smallest absolute Gasteiger partial charge is 0.185 e. The minimum Gasteiger partial charge on any atom is -0.303 e. The van der Waals surface area contributed by atoms with Crippen molar-refractivity contribution in [3.63, 3.8) is 0 Å². The fourth-order valence-electron chi connectivity index (χ4n) is 0.850. The first-order valence-electron chi connectivity index (χ1n) is 3.93. The molecule has 0 saturated heterocycles. The molecule has 0 radical (unpaired) electrons. The fourth-order valence-corrected chi connectivity index (χ4v) is 0.850. The van der Waals surface area contributed by atoms with E-state index in [1.165, 1.54) is 0 Å². The molecule has 0 amide bonds. The van der Waals surface area contributed by atoms with Gasteiger partial charge in [-0.05, 0) is 0 Å². The third-order valence-corrected chi connectivity index (χ3v) is 1.38. The molecule has 1 rings (SSSR count). The van der Waals surface area contributed by atoms with Crippen LogP contribution in [0.25, 0.3) is 0 Å². The van der Waals surface area contributed by atoms with Gasteiger partial charge in [0.25, 0.3) is 0 Å². The van der Waals surface area contributed by atoms with Crippen LogP contribution in [-0.4, -0.2) is 25.3 Å². The molecule has 3 nitrogen and oxygen atoms in total. The molecule has 1 aromatic heterocycles. The summed E-state index contributed by atoms with van der Waals surface area (Å²) < 4.78 is 2.06. The molecule has 0 bridgehead atoms. The van der Waals surface area contributed by atoms with Crippen molar-refractivity contribution < 1.29 is 4.57 Å². The van der Waals surface area contributed by atoms with Gasteiger partial charge >= 0.3 is 0 Å². The van der Waals surface area contributed by atoms with Crippen LogP contribution in [0.5, 0.6) is 0 Å². The van der Waals surface area contributed by atoms with Crippen molar-refractivity contribution in [2.24, 2.45) is 5.10 Å². The van der Waals surface area contributed by atoms with Crippen LogP contribution in [0.3, 0.4) is 0 Å². The zero-order chi connectivity index (χ0) is 8.81. The molecular weight excluding hydrogens is 150 g/mol. The molecule has 0 aliphatic rings. The maximum atomic E-state index is 4.11. The Morgan fingerprint density at radius 2 is 1.92 bits per heavy atom. The van der Waals surface area contributed by atoms with Gasteiger partial charge in [-0.25, -0.2) is 0 Å². The average Bonchev–Trinajstić information content (AvgIpc) is 2.05. The molecule has 64 valence electrons. The third-order valence-electron chi connectivity index (χ3n) is 1.38. The van der Waals surface area contributed by atoms with E-state index in [1.807, 2.05) is 50.9 Å². The molecule has 0 saturated carbocycles. The second-order valence-corrected chi connectivity index (χ2v) is 2.72. The first-order valence-corrected chi connectivity index (χ1v) is 3.93. The van der Waals surface area contributed by atoms with E-state index in [2.05, 4.69) is 9.67 Å². The van der Waals surface area contributed by atoms with Crippen molar-refractivity contribution in [3.05, 3.63) is 30.6 Å².